The van der Waals surface area contributed by atoms with Crippen molar-refractivity contribution in [1.29, 1.82) is 0 Å². The number of benzene rings is 1. The first-order valence-electron chi connectivity index (χ1n) is 4.99. The van der Waals surface area contributed by atoms with E-state index in [1.807, 2.05) is 24.3 Å². The summed E-state index contributed by atoms with van der Waals surface area (Å²) in [4.78, 5) is 10.9. The van der Waals surface area contributed by atoms with Gasteiger partial charge in [0.15, 0.2) is 0 Å². The van der Waals surface area contributed by atoms with Crippen molar-refractivity contribution in [1.82, 2.24) is 0 Å². The van der Waals surface area contributed by atoms with E-state index in [9.17, 15) is 4.79 Å². The van der Waals surface area contributed by atoms with Gasteiger partial charge in [0.1, 0.15) is 5.54 Å². The lowest BCUT2D eigenvalue weighted by molar-refractivity contribution is -0.142. The molecule has 1 aromatic rings. The predicted octanol–water partition coefficient (Wildman–Crippen LogP) is 1.21. The van der Waals surface area contributed by atoms with Crippen LogP contribution in [0.4, 0.5) is 0 Å². The molecule has 1 unspecified atom stereocenters. The molecule has 1 atom stereocenters. The van der Waals surface area contributed by atoms with Crippen LogP contribution in [0, 0.1) is 12.3 Å². The molecule has 1 rings (SSSR count). The van der Waals surface area contributed by atoms with E-state index in [-0.39, 0.29) is 0 Å². The van der Waals surface area contributed by atoms with Crippen molar-refractivity contribution in [3.8, 4) is 12.3 Å². The quantitative estimate of drug-likeness (QED) is 0.745. The van der Waals surface area contributed by atoms with Crippen molar-refractivity contribution in [2.45, 2.75) is 25.3 Å². The lowest BCUT2D eigenvalue weighted by Gasteiger charge is -2.19. The van der Waals surface area contributed by atoms with E-state index in [2.05, 4.69) is 5.92 Å². The van der Waals surface area contributed by atoms with E-state index in [1.54, 1.807) is 0 Å². The number of aliphatic carboxylic acids is 1. The number of nitrogens with two attached hydrogens (primary N) is 1. The van der Waals surface area contributed by atoms with Crippen molar-refractivity contribution >= 4 is 5.97 Å². The average molecular weight is 217 g/mol. The lowest BCUT2D eigenvalue weighted by atomic mass is 9.93. The maximum Gasteiger partial charge on any atom is 0.323 e. The van der Waals surface area contributed by atoms with Crippen molar-refractivity contribution in [3.63, 3.8) is 0 Å². The van der Waals surface area contributed by atoms with Gasteiger partial charge in [-0.3, -0.25) is 4.79 Å². The fraction of sp³-hybridized carbons (Fsp3) is 0.308. The number of carboxylic acid groups (broad SMARTS) is 1. The molecule has 1 aromatic carbocycles. The molecule has 0 saturated carbocycles. The van der Waals surface area contributed by atoms with Crippen LogP contribution >= 0.6 is 0 Å². The molecule has 0 heterocycles. The highest BCUT2D eigenvalue weighted by atomic mass is 16.4. The van der Waals surface area contributed by atoms with Gasteiger partial charge in [0.25, 0.3) is 0 Å². The molecule has 0 bridgehead atoms. The van der Waals surface area contributed by atoms with E-state index >= 15 is 0 Å². The van der Waals surface area contributed by atoms with E-state index in [0.29, 0.717) is 12.8 Å². The summed E-state index contributed by atoms with van der Waals surface area (Å²) in [6.45, 7) is 1.50. The van der Waals surface area contributed by atoms with Gasteiger partial charge in [-0.25, -0.2) is 0 Å². The van der Waals surface area contributed by atoms with Gasteiger partial charge in [-0.15, -0.1) is 12.3 Å². The van der Waals surface area contributed by atoms with E-state index in [1.165, 1.54) is 6.92 Å². The third-order valence-corrected chi connectivity index (χ3v) is 2.36. The highest BCUT2D eigenvalue weighted by Gasteiger charge is 2.27. The van der Waals surface area contributed by atoms with Crippen molar-refractivity contribution < 1.29 is 9.90 Å². The number of hydrogen-bond donors (Lipinski definition) is 2. The number of rotatable bonds is 4. The van der Waals surface area contributed by atoms with Crippen LogP contribution in [0.1, 0.15) is 18.1 Å². The Morgan fingerprint density at radius 2 is 2.19 bits per heavy atom. The predicted molar refractivity (Wildman–Crippen MR) is 62.9 cm³/mol. The van der Waals surface area contributed by atoms with Crippen molar-refractivity contribution in [3.05, 3.63) is 35.4 Å². The minimum atomic E-state index is -1.24. The maximum absolute atomic E-state index is 10.9. The Hall–Kier alpha value is -1.79. The molecule has 0 amide bonds. The number of terminal acetylenes is 1. The maximum atomic E-state index is 10.9. The Balaban J connectivity index is 2.86. The zero-order valence-electron chi connectivity index (χ0n) is 9.23. The standard InChI is InChI=1S/C13H15NO2/c1-3-5-10-6-4-7-11(8-10)9-13(2,14)12(15)16/h1,4,6-8H,5,9,14H2,2H3,(H,15,16). The SMILES string of the molecule is C#CCc1cccc(CC(C)(N)C(=O)O)c1. The van der Waals surface area contributed by atoms with Crippen LogP contribution in [0.5, 0.6) is 0 Å². The molecule has 0 aliphatic rings. The van der Waals surface area contributed by atoms with Crippen molar-refractivity contribution in [2.24, 2.45) is 5.73 Å². The van der Waals surface area contributed by atoms with Crippen LogP contribution in [0.3, 0.4) is 0 Å². The lowest BCUT2D eigenvalue weighted by Crippen LogP contribution is -2.46. The third kappa shape index (κ3) is 3.11. The topological polar surface area (TPSA) is 63.3 Å². The zero-order chi connectivity index (χ0) is 12.2. The second-order valence-corrected chi connectivity index (χ2v) is 4.10. The fourth-order valence-corrected chi connectivity index (χ4v) is 1.47. The molecule has 84 valence electrons. The van der Waals surface area contributed by atoms with Gasteiger partial charge in [-0.1, -0.05) is 24.3 Å². The monoisotopic (exact) mass is 217 g/mol. The normalized spacial score (nSPS) is 13.8. The summed E-state index contributed by atoms with van der Waals surface area (Å²) < 4.78 is 0. The van der Waals surface area contributed by atoms with E-state index in [4.69, 9.17) is 17.3 Å². The van der Waals surface area contributed by atoms with Gasteiger partial charge in [0.2, 0.25) is 0 Å². The molecule has 0 saturated heterocycles. The van der Waals surface area contributed by atoms with Gasteiger partial charge in [0, 0.05) is 12.8 Å². The summed E-state index contributed by atoms with van der Waals surface area (Å²) in [6.07, 6.45) is 6.05. The Labute approximate surface area is 95.3 Å². The summed E-state index contributed by atoms with van der Waals surface area (Å²) in [5.41, 5.74) is 6.32. The first-order valence-corrected chi connectivity index (χ1v) is 4.99. The first kappa shape index (κ1) is 12.3. The summed E-state index contributed by atoms with van der Waals surface area (Å²) in [6, 6.07) is 7.53. The molecule has 0 aromatic heterocycles. The van der Waals surface area contributed by atoms with Gasteiger partial charge in [-0.05, 0) is 18.1 Å². The Morgan fingerprint density at radius 1 is 1.56 bits per heavy atom. The second-order valence-electron chi connectivity index (χ2n) is 4.10. The molecule has 16 heavy (non-hydrogen) atoms. The Bertz CT molecular complexity index is 430. The molecule has 0 aliphatic carbocycles. The molecule has 0 radical (unpaired) electrons. The van der Waals surface area contributed by atoms with Crippen LogP contribution < -0.4 is 5.73 Å². The summed E-state index contributed by atoms with van der Waals surface area (Å²) >= 11 is 0. The fourth-order valence-electron chi connectivity index (χ4n) is 1.47. The minimum Gasteiger partial charge on any atom is -0.480 e. The van der Waals surface area contributed by atoms with Crippen LogP contribution in [0.25, 0.3) is 0 Å². The third-order valence-electron chi connectivity index (χ3n) is 2.36. The molecular weight excluding hydrogens is 202 g/mol. The molecule has 3 nitrogen and oxygen atoms in total. The van der Waals surface area contributed by atoms with E-state index in [0.717, 1.165) is 11.1 Å². The summed E-state index contributed by atoms with van der Waals surface area (Å²) in [7, 11) is 0. The number of carboxylic acids is 1. The van der Waals surface area contributed by atoms with Gasteiger partial charge < -0.3 is 10.8 Å². The second kappa shape index (κ2) is 4.82. The Kier molecular flexibility index (Phi) is 3.70. The van der Waals surface area contributed by atoms with Crippen LogP contribution in [-0.4, -0.2) is 16.6 Å². The Morgan fingerprint density at radius 3 is 2.75 bits per heavy atom. The van der Waals surface area contributed by atoms with Gasteiger partial charge in [0.05, 0.1) is 0 Å². The molecule has 0 fully saturated rings. The molecule has 3 N–H and O–H groups in total. The highest BCUT2D eigenvalue weighted by Crippen LogP contribution is 2.13. The summed E-state index contributed by atoms with van der Waals surface area (Å²) in [5, 5.41) is 8.92. The zero-order valence-corrected chi connectivity index (χ0v) is 9.23. The first-order chi connectivity index (χ1) is 7.45. The van der Waals surface area contributed by atoms with Gasteiger partial charge >= 0.3 is 5.97 Å². The summed E-state index contributed by atoms with van der Waals surface area (Å²) in [5.74, 6) is 1.54. The van der Waals surface area contributed by atoms with E-state index < -0.39 is 11.5 Å². The average Bonchev–Trinajstić information content (AvgIpc) is 2.17. The molecular formula is C13H15NO2. The highest BCUT2D eigenvalue weighted by molar-refractivity contribution is 5.78. The molecule has 3 heteroatoms. The minimum absolute atomic E-state index is 0.292. The largest absolute Gasteiger partial charge is 0.480 e. The van der Waals surface area contributed by atoms with Crippen LogP contribution in [-0.2, 0) is 17.6 Å². The van der Waals surface area contributed by atoms with Crippen molar-refractivity contribution in [2.75, 3.05) is 0 Å². The van der Waals surface area contributed by atoms with Crippen LogP contribution in [0.15, 0.2) is 24.3 Å². The number of hydrogen-bond acceptors (Lipinski definition) is 2. The smallest absolute Gasteiger partial charge is 0.323 e. The molecule has 0 spiro atoms. The van der Waals surface area contributed by atoms with Crippen LogP contribution in [0.2, 0.25) is 0 Å². The van der Waals surface area contributed by atoms with Gasteiger partial charge in [-0.2, -0.15) is 0 Å². The number of carbonyl (C=O) groups is 1. The molecule has 0 aliphatic heterocycles.